The van der Waals surface area contributed by atoms with Gasteiger partial charge in [0.15, 0.2) is 0 Å². The third-order valence-corrected chi connectivity index (χ3v) is 7.41. The molecule has 0 aliphatic heterocycles. The fraction of sp³-hybridized carbons (Fsp3) is 0. The number of hydrogen-bond acceptors (Lipinski definition) is 2. The van der Waals surface area contributed by atoms with E-state index in [0.29, 0.717) is 0 Å². The van der Waals surface area contributed by atoms with Crippen LogP contribution in [0.1, 0.15) is 0 Å². The van der Waals surface area contributed by atoms with Crippen LogP contribution in [-0.4, -0.2) is 17.4 Å². The molecule has 7 rings (SSSR count). The molecule has 144 valence electrons. The highest BCUT2D eigenvalue weighted by molar-refractivity contribution is 7.25. The molecule has 3 aromatic heterocycles. The van der Waals surface area contributed by atoms with E-state index in [1.54, 1.807) is 11.3 Å². The van der Waals surface area contributed by atoms with E-state index in [4.69, 9.17) is 4.98 Å². The maximum absolute atomic E-state index is 4.92. The van der Waals surface area contributed by atoms with Gasteiger partial charge in [0.1, 0.15) is 13.7 Å². The number of pyridine rings is 1. The van der Waals surface area contributed by atoms with Crippen molar-refractivity contribution in [2.45, 2.75) is 0 Å². The first kappa shape index (κ1) is 17.1. The molecule has 0 N–H and O–H groups in total. The predicted molar refractivity (Wildman–Crippen MR) is 137 cm³/mol. The lowest BCUT2D eigenvalue weighted by atomic mass is 9.94. The average Bonchev–Trinajstić information content (AvgIpc) is 3.34. The van der Waals surface area contributed by atoms with E-state index in [-0.39, 0.29) is 0 Å². The van der Waals surface area contributed by atoms with Gasteiger partial charge in [0.2, 0.25) is 0 Å². The second-order valence-electron chi connectivity index (χ2n) is 8.17. The Balaban J connectivity index is 1.65. The second kappa shape index (κ2) is 6.19. The lowest BCUT2D eigenvalue weighted by Crippen LogP contribution is -2.01. The van der Waals surface area contributed by atoms with E-state index < -0.39 is 0 Å². The van der Waals surface area contributed by atoms with Crippen LogP contribution in [0.2, 0.25) is 0 Å². The molecule has 0 aliphatic carbocycles. The van der Waals surface area contributed by atoms with Gasteiger partial charge in [0.25, 0.3) is 0 Å². The summed E-state index contributed by atoms with van der Waals surface area (Å²) in [4.78, 5) is 4.92. The summed E-state index contributed by atoms with van der Waals surface area (Å²) in [5.74, 6) is 0.968. The van der Waals surface area contributed by atoms with E-state index in [1.165, 1.54) is 58.2 Å². The van der Waals surface area contributed by atoms with Gasteiger partial charge < -0.3 is 0 Å². The van der Waals surface area contributed by atoms with Crippen LogP contribution in [0.25, 0.3) is 58.6 Å². The molecule has 0 atom stereocenters. The highest BCUT2D eigenvalue weighted by atomic mass is 32.1. The van der Waals surface area contributed by atoms with Gasteiger partial charge in [-0.05, 0) is 35.0 Å². The maximum Gasteiger partial charge on any atom is 0.139 e. The molecular formula is C27H17BN2S. The van der Waals surface area contributed by atoms with Crippen molar-refractivity contribution < 1.29 is 0 Å². The van der Waals surface area contributed by atoms with Crippen LogP contribution in [0, 0.1) is 0 Å². The monoisotopic (exact) mass is 412 g/mol. The van der Waals surface area contributed by atoms with Crippen molar-refractivity contribution in [1.29, 1.82) is 0 Å². The Kier molecular flexibility index (Phi) is 3.41. The Bertz CT molecular complexity index is 1810. The quantitative estimate of drug-likeness (QED) is 0.304. The first-order chi connectivity index (χ1) is 15.3. The normalized spacial score (nSPS) is 12.0. The molecule has 0 saturated carbocycles. The number of nitrogens with zero attached hydrogens (tertiary/aromatic N) is 2. The summed E-state index contributed by atoms with van der Waals surface area (Å²) in [5, 5.41) is 7.71. The van der Waals surface area contributed by atoms with E-state index >= 15 is 0 Å². The van der Waals surface area contributed by atoms with E-state index in [1.807, 2.05) is 6.20 Å². The fourth-order valence-corrected chi connectivity index (χ4v) is 5.95. The molecule has 0 unspecified atom stereocenters. The van der Waals surface area contributed by atoms with Crippen LogP contribution in [-0.2, 0) is 0 Å². The first-order valence-corrected chi connectivity index (χ1v) is 11.3. The summed E-state index contributed by atoms with van der Waals surface area (Å²) in [7, 11) is 2.16. The molecule has 4 aromatic carbocycles. The zero-order chi connectivity index (χ0) is 20.5. The van der Waals surface area contributed by atoms with Crippen molar-refractivity contribution in [3.05, 3.63) is 91.1 Å². The molecular weight excluding hydrogens is 395 g/mol. The molecule has 0 fully saturated rings. The minimum atomic E-state index is 0.968. The number of hydrogen-bond donors (Lipinski definition) is 0. The zero-order valence-corrected chi connectivity index (χ0v) is 17.8. The number of benzene rings is 4. The van der Waals surface area contributed by atoms with Crippen molar-refractivity contribution in [2.24, 2.45) is 0 Å². The summed E-state index contributed by atoms with van der Waals surface area (Å²) in [6.45, 7) is 0. The molecule has 0 bridgehead atoms. The van der Waals surface area contributed by atoms with Gasteiger partial charge in [-0.3, -0.25) is 4.57 Å². The van der Waals surface area contributed by atoms with Crippen LogP contribution in [0.3, 0.4) is 0 Å². The summed E-state index contributed by atoms with van der Waals surface area (Å²) >= 11 is 1.81. The summed E-state index contributed by atoms with van der Waals surface area (Å²) in [5.41, 5.74) is 3.67. The molecule has 3 heterocycles. The van der Waals surface area contributed by atoms with Gasteiger partial charge in [-0.1, -0.05) is 66.1 Å². The van der Waals surface area contributed by atoms with Crippen molar-refractivity contribution in [3.8, 4) is 5.82 Å². The van der Waals surface area contributed by atoms with Gasteiger partial charge in [-0.2, -0.15) is 0 Å². The third kappa shape index (κ3) is 2.37. The first-order valence-electron chi connectivity index (χ1n) is 10.5. The molecule has 0 spiro atoms. The van der Waals surface area contributed by atoms with Crippen LogP contribution in [0.15, 0.2) is 91.1 Å². The third-order valence-electron chi connectivity index (χ3n) is 6.29. The Morgan fingerprint density at radius 2 is 1.48 bits per heavy atom. The zero-order valence-electron chi connectivity index (χ0n) is 17.0. The van der Waals surface area contributed by atoms with Crippen molar-refractivity contribution >= 4 is 77.4 Å². The highest BCUT2D eigenvalue weighted by Crippen LogP contribution is 2.38. The molecule has 0 aliphatic rings. The minimum absolute atomic E-state index is 0.968. The second-order valence-corrected chi connectivity index (χ2v) is 9.26. The Labute approximate surface area is 183 Å². The molecule has 4 heteroatoms. The Hall–Kier alpha value is -3.63. The van der Waals surface area contributed by atoms with E-state index in [9.17, 15) is 0 Å². The van der Waals surface area contributed by atoms with E-state index in [2.05, 4.69) is 97.3 Å². The van der Waals surface area contributed by atoms with Crippen molar-refractivity contribution in [2.75, 3.05) is 0 Å². The average molecular weight is 412 g/mol. The summed E-state index contributed by atoms with van der Waals surface area (Å²) in [6, 6.07) is 30.7. The summed E-state index contributed by atoms with van der Waals surface area (Å²) < 4.78 is 4.86. The number of fused-ring (bicyclic) bond motifs is 8. The van der Waals surface area contributed by atoms with Gasteiger partial charge >= 0.3 is 0 Å². The van der Waals surface area contributed by atoms with Crippen molar-refractivity contribution in [1.82, 2.24) is 9.55 Å². The molecule has 31 heavy (non-hydrogen) atoms. The molecule has 0 saturated heterocycles. The maximum atomic E-state index is 4.92. The number of thiophene rings is 1. The number of rotatable bonds is 1. The lowest BCUT2D eigenvalue weighted by molar-refractivity contribution is 1.09. The lowest BCUT2D eigenvalue weighted by Gasteiger charge is -2.08. The van der Waals surface area contributed by atoms with Crippen LogP contribution in [0.5, 0.6) is 0 Å². The van der Waals surface area contributed by atoms with Crippen LogP contribution < -0.4 is 5.46 Å². The van der Waals surface area contributed by atoms with Crippen LogP contribution in [0.4, 0.5) is 0 Å². The van der Waals surface area contributed by atoms with Gasteiger partial charge in [-0.15, -0.1) is 11.3 Å². The SMILES string of the molecule is Bc1ccc2c(c1)c1c3ccccc3ccc1n2-c1cc2c(cn1)sc1ccccc12. The Morgan fingerprint density at radius 1 is 0.677 bits per heavy atom. The highest BCUT2D eigenvalue weighted by Gasteiger charge is 2.16. The standard InChI is InChI=1S/C27H17BN2S/c28-17-10-12-22-21(13-17)27-18-6-2-1-5-16(18)9-11-23(27)30(22)26-14-20-19-7-3-4-8-24(19)31-25(20)15-29-26/h1-15H,28H2. The fourth-order valence-electron chi connectivity index (χ4n) is 4.89. The summed E-state index contributed by atoms with van der Waals surface area (Å²) in [6.07, 6.45) is 2.03. The number of aromatic nitrogens is 2. The molecule has 0 radical (unpaired) electrons. The molecule has 2 nitrogen and oxygen atoms in total. The minimum Gasteiger partial charge on any atom is -0.294 e. The largest absolute Gasteiger partial charge is 0.294 e. The predicted octanol–water partition coefficient (Wildman–Crippen LogP) is 5.96. The Morgan fingerprint density at radius 3 is 2.42 bits per heavy atom. The van der Waals surface area contributed by atoms with Crippen molar-refractivity contribution in [3.63, 3.8) is 0 Å². The molecule has 0 amide bonds. The topological polar surface area (TPSA) is 17.8 Å². The van der Waals surface area contributed by atoms with Gasteiger partial charge in [0, 0.05) is 32.4 Å². The smallest absolute Gasteiger partial charge is 0.139 e. The van der Waals surface area contributed by atoms with Gasteiger partial charge in [-0.25, -0.2) is 4.98 Å². The van der Waals surface area contributed by atoms with E-state index in [0.717, 1.165) is 5.82 Å². The van der Waals surface area contributed by atoms with Gasteiger partial charge in [0.05, 0.1) is 15.7 Å². The van der Waals surface area contributed by atoms with Crippen LogP contribution >= 0.6 is 11.3 Å². The molecule has 7 aromatic rings.